The molecule has 1 aliphatic rings. The maximum Gasteiger partial charge on any atom is 0.259 e. The summed E-state index contributed by atoms with van der Waals surface area (Å²) >= 11 is 0. The zero-order chi connectivity index (χ0) is 19.4. The summed E-state index contributed by atoms with van der Waals surface area (Å²) in [5.41, 5.74) is 1.89. The molecule has 8 nitrogen and oxygen atoms in total. The molecule has 0 spiro atoms. The third kappa shape index (κ3) is 4.06. The molecule has 0 radical (unpaired) electrons. The Morgan fingerprint density at radius 1 is 1.33 bits per heavy atom. The molecule has 144 valence electrons. The van der Waals surface area contributed by atoms with Gasteiger partial charge in [0.15, 0.2) is 0 Å². The Kier molecular flexibility index (Phi) is 5.98. The number of nitrogens with one attached hydrogen (secondary N) is 1. The van der Waals surface area contributed by atoms with Crippen LogP contribution in [-0.4, -0.2) is 69.8 Å². The number of aliphatic hydroxyl groups is 1. The smallest absolute Gasteiger partial charge is 0.259 e. The third-order valence-electron chi connectivity index (χ3n) is 4.82. The second-order valence-corrected chi connectivity index (χ2v) is 6.88. The molecule has 2 N–H and O–H groups in total. The lowest BCUT2D eigenvalue weighted by Crippen LogP contribution is -2.49. The first kappa shape index (κ1) is 19.2. The van der Waals surface area contributed by atoms with Crippen molar-refractivity contribution in [1.29, 1.82) is 0 Å². The second kappa shape index (κ2) is 8.41. The maximum atomic E-state index is 13.2. The number of pyridine rings is 1. The van der Waals surface area contributed by atoms with E-state index in [2.05, 4.69) is 20.3 Å². The Bertz CT molecular complexity index is 786. The summed E-state index contributed by atoms with van der Waals surface area (Å²) in [7, 11) is 1.86. The van der Waals surface area contributed by atoms with Gasteiger partial charge in [-0.1, -0.05) is 6.92 Å². The number of hydrogen-bond donors (Lipinski definition) is 2. The molecule has 2 aromatic rings. The van der Waals surface area contributed by atoms with Crippen LogP contribution in [0.4, 0.5) is 0 Å². The van der Waals surface area contributed by atoms with Gasteiger partial charge in [0.05, 0.1) is 12.6 Å². The van der Waals surface area contributed by atoms with Crippen LogP contribution in [0.25, 0.3) is 11.1 Å². The van der Waals surface area contributed by atoms with Crippen LogP contribution in [0.15, 0.2) is 31.0 Å². The first-order valence-electron chi connectivity index (χ1n) is 9.03. The predicted octanol–water partition coefficient (Wildman–Crippen LogP) is 0.978. The molecule has 0 fully saturated rings. The van der Waals surface area contributed by atoms with Crippen LogP contribution in [0.1, 0.15) is 24.2 Å². The number of carbonyl (C=O) groups is 1. The number of likely N-dealkylation sites (N-methyl/N-ethyl adjacent to an activating group) is 1. The molecule has 1 aliphatic heterocycles. The zero-order valence-electron chi connectivity index (χ0n) is 15.8. The van der Waals surface area contributed by atoms with E-state index < -0.39 is 0 Å². The lowest BCUT2D eigenvalue weighted by atomic mass is 10.00. The zero-order valence-corrected chi connectivity index (χ0v) is 15.8. The van der Waals surface area contributed by atoms with Crippen LogP contribution in [0, 0.1) is 5.92 Å². The molecule has 27 heavy (non-hydrogen) atoms. The van der Waals surface area contributed by atoms with Gasteiger partial charge in [-0.2, -0.15) is 0 Å². The Morgan fingerprint density at radius 3 is 2.74 bits per heavy atom. The van der Waals surface area contributed by atoms with E-state index in [0.717, 1.165) is 11.1 Å². The average Bonchev–Trinajstić information content (AvgIpc) is 2.70. The van der Waals surface area contributed by atoms with Gasteiger partial charge in [-0.25, -0.2) is 15.0 Å². The van der Waals surface area contributed by atoms with Crippen LogP contribution >= 0.6 is 0 Å². The van der Waals surface area contributed by atoms with Crippen molar-refractivity contribution in [3.05, 3.63) is 36.5 Å². The van der Waals surface area contributed by atoms with E-state index in [4.69, 9.17) is 4.74 Å². The topological polar surface area (TPSA) is 100 Å². The van der Waals surface area contributed by atoms with Crippen molar-refractivity contribution in [2.24, 2.45) is 5.92 Å². The van der Waals surface area contributed by atoms with Crippen LogP contribution in [-0.2, 0) is 0 Å². The number of ether oxygens (including phenoxy) is 1. The Hall–Kier alpha value is -2.58. The second-order valence-electron chi connectivity index (χ2n) is 6.88. The Balaban J connectivity index is 2.07. The lowest BCUT2D eigenvalue weighted by Gasteiger charge is -2.36. The highest BCUT2D eigenvalue weighted by Crippen LogP contribution is 2.29. The van der Waals surface area contributed by atoms with Gasteiger partial charge < -0.3 is 20.1 Å². The van der Waals surface area contributed by atoms with Crippen molar-refractivity contribution < 1.29 is 14.6 Å². The number of rotatable bonds is 5. The summed E-state index contributed by atoms with van der Waals surface area (Å²) in [5, 5.41) is 12.8. The fourth-order valence-corrected chi connectivity index (χ4v) is 3.15. The van der Waals surface area contributed by atoms with Crippen LogP contribution in [0.3, 0.4) is 0 Å². The summed E-state index contributed by atoms with van der Waals surface area (Å²) in [5.74, 6) is 0.183. The summed E-state index contributed by atoms with van der Waals surface area (Å²) < 4.78 is 6.10. The molecule has 3 atom stereocenters. The molecule has 3 rings (SSSR count). The van der Waals surface area contributed by atoms with Gasteiger partial charge >= 0.3 is 0 Å². The SMILES string of the molecule is CNC[C@@H]1Oc2ncc(-c3cncnc3)cc2C(=O)N([C@@H](C)CO)C[C@H]1C. The number of hydrogen-bond acceptors (Lipinski definition) is 7. The van der Waals surface area contributed by atoms with E-state index >= 15 is 0 Å². The number of carbonyl (C=O) groups excluding carboxylic acids is 1. The van der Waals surface area contributed by atoms with Gasteiger partial charge in [-0.15, -0.1) is 0 Å². The number of fused-ring (bicyclic) bond motifs is 1. The van der Waals surface area contributed by atoms with Crippen LogP contribution < -0.4 is 10.1 Å². The average molecular weight is 371 g/mol. The van der Waals surface area contributed by atoms with Crippen molar-refractivity contribution in [2.45, 2.75) is 26.0 Å². The van der Waals surface area contributed by atoms with Gasteiger partial charge in [0, 0.05) is 48.7 Å². The highest BCUT2D eigenvalue weighted by Gasteiger charge is 2.33. The number of amides is 1. The van der Waals surface area contributed by atoms with Gasteiger partial charge in [0.1, 0.15) is 18.0 Å². The predicted molar refractivity (Wildman–Crippen MR) is 100 cm³/mol. The van der Waals surface area contributed by atoms with Gasteiger partial charge in [0.2, 0.25) is 5.88 Å². The van der Waals surface area contributed by atoms with Crippen LogP contribution in [0.5, 0.6) is 5.88 Å². The highest BCUT2D eigenvalue weighted by atomic mass is 16.5. The Labute approximate surface area is 158 Å². The molecule has 3 heterocycles. The summed E-state index contributed by atoms with van der Waals surface area (Å²) in [6.45, 7) is 4.89. The van der Waals surface area contributed by atoms with Crippen molar-refractivity contribution in [3.63, 3.8) is 0 Å². The summed E-state index contributed by atoms with van der Waals surface area (Å²) in [6, 6.07) is 1.46. The van der Waals surface area contributed by atoms with E-state index in [9.17, 15) is 9.90 Å². The molecule has 1 amide bonds. The van der Waals surface area contributed by atoms with Gasteiger partial charge in [0.25, 0.3) is 5.91 Å². The standard InChI is InChI=1S/C19H25N5O3/c1-12-9-24(13(2)10-25)19(26)16-4-14(15-5-21-11-22-6-15)7-23-18(16)27-17(12)8-20-3/h4-7,11-13,17,20,25H,8-10H2,1-3H3/t12-,13+,17+/m1/s1. The van der Waals surface area contributed by atoms with Crippen molar-refractivity contribution in [3.8, 4) is 17.0 Å². The first-order chi connectivity index (χ1) is 13.0. The summed E-state index contributed by atoms with van der Waals surface area (Å²) in [4.78, 5) is 27.4. The fraction of sp³-hybridized carbons (Fsp3) is 0.474. The van der Waals surface area contributed by atoms with E-state index in [1.165, 1.54) is 6.33 Å². The van der Waals surface area contributed by atoms with E-state index in [0.29, 0.717) is 24.5 Å². The minimum Gasteiger partial charge on any atom is -0.472 e. The minimum atomic E-state index is -0.301. The first-order valence-corrected chi connectivity index (χ1v) is 9.03. The molecular weight excluding hydrogens is 346 g/mol. The van der Waals surface area contributed by atoms with Gasteiger partial charge in [-0.05, 0) is 20.0 Å². The van der Waals surface area contributed by atoms with Crippen LogP contribution in [0.2, 0.25) is 0 Å². The van der Waals surface area contributed by atoms with E-state index in [1.807, 2.05) is 20.9 Å². The number of aromatic nitrogens is 3. The largest absolute Gasteiger partial charge is 0.472 e. The molecule has 0 bridgehead atoms. The number of nitrogens with zero attached hydrogens (tertiary/aromatic N) is 4. The quantitative estimate of drug-likeness (QED) is 0.808. The molecule has 0 unspecified atom stereocenters. The molecule has 2 aromatic heterocycles. The molecule has 0 saturated heterocycles. The highest BCUT2D eigenvalue weighted by molar-refractivity contribution is 5.97. The molecular formula is C19H25N5O3. The van der Waals surface area contributed by atoms with Crippen molar-refractivity contribution >= 4 is 5.91 Å². The Morgan fingerprint density at radius 2 is 2.07 bits per heavy atom. The normalized spacial score (nSPS) is 21.0. The fourth-order valence-electron chi connectivity index (χ4n) is 3.15. The molecule has 0 saturated carbocycles. The van der Waals surface area contributed by atoms with E-state index in [-0.39, 0.29) is 30.6 Å². The van der Waals surface area contributed by atoms with E-state index in [1.54, 1.807) is 29.6 Å². The molecule has 8 heteroatoms. The van der Waals surface area contributed by atoms with Crippen molar-refractivity contribution in [1.82, 2.24) is 25.2 Å². The number of aliphatic hydroxyl groups excluding tert-OH is 1. The minimum absolute atomic E-state index is 0.0764. The van der Waals surface area contributed by atoms with Crippen molar-refractivity contribution in [2.75, 3.05) is 26.7 Å². The lowest BCUT2D eigenvalue weighted by molar-refractivity contribution is 0.0404. The van der Waals surface area contributed by atoms with Gasteiger partial charge in [-0.3, -0.25) is 4.79 Å². The maximum absolute atomic E-state index is 13.2. The monoisotopic (exact) mass is 371 g/mol. The molecule has 0 aromatic carbocycles. The summed E-state index contributed by atoms with van der Waals surface area (Å²) in [6.07, 6.45) is 6.31. The molecule has 0 aliphatic carbocycles. The third-order valence-corrected chi connectivity index (χ3v) is 4.82.